The van der Waals surface area contributed by atoms with E-state index in [2.05, 4.69) is 15.9 Å². The van der Waals surface area contributed by atoms with Crippen molar-refractivity contribution in [2.24, 2.45) is 0 Å². The molecule has 1 aliphatic heterocycles. The topological polar surface area (TPSA) is 63.5 Å². The number of benzene rings is 1. The van der Waals surface area contributed by atoms with Gasteiger partial charge in [0.2, 0.25) is 5.91 Å². The van der Waals surface area contributed by atoms with Crippen LogP contribution >= 0.6 is 15.9 Å². The lowest BCUT2D eigenvalue weighted by atomic mass is 10.2. The third-order valence-electron chi connectivity index (χ3n) is 2.55. The minimum Gasteiger partial charge on any atom is -0.306 e. The van der Waals surface area contributed by atoms with Crippen LogP contribution in [0.15, 0.2) is 16.6 Å². The Hall–Kier alpha value is -1.50. The molecule has 5 nitrogen and oxygen atoms in total. The largest absolute Gasteiger partial charge is 0.306 e. The van der Waals surface area contributed by atoms with Crippen molar-refractivity contribution in [3.05, 3.63) is 32.5 Å². The van der Waals surface area contributed by atoms with Gasteiger partial charge in [0.1, 0.15) is 11.5 Å². The normalized spacial score (nSPS) is 15.4. The van der Waals surface area contributed by atoms with Crippen molar-refractivity contribution < 1.29 is 14.1 Å². The molecule has 0 spiro atoms. The summed E-state index contributed by atoms with van der Waals surface area (Å²) in [6.07, 6.45) is 1.01. The highest BCUT2D eigenvalue weighted by molar-refractivity contribution is 9.10. The molecule has 0 atom stereocenters. The van der Waals surface area contributed by atoms with E-state index in [-0.39, 0.29) is 16.1 Å². The highest BCUT2D eigenvalue weighted by atomic mass is 79.9. The fraction of sp³-hybridized carbons (Fsp3) is 0.300. The van der Waals surface area contributed by atoms with Gasteiger partial charge in [-0.15, -0.1) is 0 Å². The smallest absolute Gasteiger partial charge is 0.297 e. The lowest BCUT2D eigenvalue weighted by molar-refractivity contribution is -0.384. The monoisotopic (exact) mass is 302 g/mol. The van der Waals surface area contributed by atoms with Gasteiger partial charge in [-0.05, 0) is 28.4 Å². The number of rotatable bonds is 2. The molecule has 0 saturated carbocycles. The zero-order valence-electron chi connectivity index (χ0n) is 8.65. The first-order chi connectivity index (χ1) is 8.00. The standard InChI is InChI=1S/C10H8BrFN2O3/c11-7-4-6(12)5-8(14(16)17)10(7)13-3-1-2-9(13)15/h4-5H,1-3H2. The Bertz CT molecular complexity index is 507. The quantitative estimate of drug-likeness (QED) is 0.623. The number of nitrogens with zero attached hydrogens (tertiary/aromatic N) is 2. The Morgan fingerprint density at radius 3 is 2.71 bits per heavy atom. The summed E-state index contributed by atoms with van der Waals surface area (Å²) in [4.78, 5) is 23.1. The van der Waals surface area contributed by atoms with E-state index in [1.165, 1.54) is 4.90 Å². The highest BCUT2D eigenvalue weighted by Gasteiger charge is 2.30. The third-order valence-corrected chi connectivity index (χ3v) is 3.15. The predicted octanol–water partition coefficient (Wildman–Crippen LogP) is 2.62. The molecule has 1 aromatic carbocycles. The fourth-order valence-electron chi connectivity index (χ4n) is 1.84. The van der Waals surface area contributed by atoms with E-state index in [4.69, 9.17) is 0 Å². The van der Waals surface area contributed by atoms with Crippen molar-refractivity contribution in [1.82, 2.24) is 0 Å². The van der Waals surface area contributed by atoms with Gasteiger partial charge in [0.05, 0.1) is 15.5 Å². The predicted molar refractivity (Wildman–Crippen MR) is 62.3 cm³/mol. The van der Waals surface area contributed by atoms with Gasteiger partial charge in [0, 0.05) is 13.0 Å². The van der Waals surface area contributed by atoms with Gasteiger partial charge < -0.3 is 4.90 Å². The van der Waals surface area contributed by atoms with Crippen molar-refractivity contribution in [1.29, 1.82) is 0 Å². The van der Waals surface area contributed by atoms with E-state index in [1.807, 2.05) is 0 Å². The summed E-state index contributed by atoms with van der Waals surface area (Å²) < 4.78 is 13.3. The maximum atomic E-state index is 13.1. The van der Waals surface area contributed by atoms with Crippen LogP contribution < -0.4 is 4.90 Å². The van der Waals surface area contributed by atoms with Crippen molar-refractivity contribution in [3.8, 4) is 0 Å². The molecule has 1 aliphatic rings. The van der Waals surface area contributed by atoms with Crippen LogP contribution in [0.5, 0.6) is 0 Å². The number of hydrogen-bond donors (Lipinski definition) is 0. The fourth-order valence-corrected chi connectivity index (χ4v) is 2.48. The van der Waals surface area contributed by atoms with Gasteiger partial charge in [-0.2, -0.15) is 0 Å². The Morgan fingerprint density at radius 2 is 2.18 bits per heavy atom. The second-order valence-electron chi connectivity index (χ2n) is 3.66. The number of hydrogen-bond acceptors (Lipinski definition) is 3. The SMILES string of the molecule is O=C1CCCN1c1c(Br)cc(F)cc1[N+](=O)[O-]. The minimum atomic E-state index is -0.709. The summed E-state index contributed by atoms with van der Waals surface area (Å²) in [5, 5.41) is 10.9. The number of amides is 1. The molecule has 0 bridgehead atoms. The molecule has 0 radical (unpaired) electrons. The van der Waals surface area contributed by atoms with Crippen LogP contribution in [0.2, 0.25) is 0 Å². The highest BCUT2D eigenvalue weighted by Crippen LogP contribution is 2.38. The Labute approximate surface area is 104 Å². The lowest BCUT2D eigenvalue weighted by Gasteiger charge is -2.17. The molecule has 0 aromatic heterocycles. The number of nitro benzene ring substituents is 1. The molecule has 2 rings (SSSR count). The summed E-state index contributed by atoms with van der Waals surface area (Å²) >= 11 is 3.07. The maximum Gasteiger partial charge on any atom is 0.297 e. The van der Waals surface area contributed by atoms with E-state index in [1.54, 1.807) is 0 Å². The van der Waals surface area contributed by atoms with Gasteiger partial charge in [-0.25, -0.2) is 4.39 Å². The number of carbonyl (C=O) groups is 1. The average molecular weight is 303 g/mol. The summed E-state index contributed by atoms with van der Waals surface area (Å²) in [6, 6.07) is 1.94. The summed E-state index contributed by atoms with van der Waals surface area (Å²) in [5.74, 6) is -0.889. The van der Waals surface area contributed by atoms with E-state index < -0.39 is 16.4 Å². The summed E-state index contributed by atoms with van der Waals surface area (Å²) in [6.45, 7) is 0.421. The molecule has 0 N–H and O–H groups in total. The molecular weight excluding hydrogens is 295 g/mol. The van der Waals surface area contributed by atoms with Gasteiger partial charge in [0.15, 0.2) is 0 Å². The summed E-state index contributed by atoms with van der Waals surface area (Å²) in [7, 11) is 0. The van der Waals surface area contributed by atoms with Crippen LogP contribution in [0, 0.1) is 15.9 Å². The van der Waals surface area contributed by atoms with Crippen LogP contribution in [-0.4, -0.2) is 17.4 Å². The van der Waals surface area contributed by atoms with Crippen LogP contribution in [-0.2, 0) is 4.79 Å². The molecule has 0 aliphatic carbocycles. The first kappa shape index (κ1) is 12.0. The molecule has 1 heterocycles. The molecule has 1 aromatic rings. The Kier molecular flexibility index (Phi) is 3.10. The van der Waals surface area contributed by atoms with Crippen molar-refractivity contribution in [2.45, 2.75) is 12.8 Å². The number of nitro groups is 1. The first-order valence-electron chi connectivity index (χ1n) is 4.94. The molecule has 1 fully saturated rings. The van der Waals surface area contributed by atoms with Gasteiger partial charge >= 0.3 is 0 Å². The lowest BCUT2D eigenvalue weighted by Crippen LogP contribution is -2.25. The molecule has 90 valence electrons. The van der Waals surface area contributed by atoms with Crippen molar-refractivity contribution >= 4 is 33.2 Å². The van der Waals surface area contributed by atoms with Crippen LogP contribution in [0.1, 0.15) is 12.8 Å². The Balaban J connectivity index is 2.58. The van der Waals surface area contributed by atoms with Crippen LogP contribution in [0.4, 0.5) is 15.8 Å². The van der Waals surface area contributed by atoms with E-state index in [0.29, 0.717) is 19.4 Å². The molecular formula is C10H8BrFN2O3. The van der Waals surface area contributed by atoms with E-state index in [9.17, 15) is 19.3 Å². The third kappa shape index (κ3) is 2.14. The van der Waals surface area contributed by atoms with Gasteiger partial charge in [0.25, 0.3) is 5.69 Å². The second kappa shape index (κ2) is 4.40. The molecule has 0 unspecified atom stereocenters. The molecule has 17 heavy (non-hydrogen) atoms. The van der Waals surface area contributed by atoms with Crippen molar-refractivity contribution in [3.63, 3.8) is 0 Å². The number of halogens is 2. The second-order valence-corrected chi connectivity index (χ2v) is 4.52. The molecule has 1 amide bonds. The maximum absolute atomic E-state index is 13.1. The minimum absolute atomic E-state index is 0.138. The summed E-state index contributed by atoms with van der Waals surface area (Å²) in [5.41, 5.74) is -0.258. The van der Waals surface area contributed by atoms with Crippen LogP contribution in [0.25, 0.3) is 0 Å². The first-order valence-corrected chi connectivity index (χ1v) is 5.74. The zero-order chi connectivity index (χ0) is 12.6. The molecule has 7 heteroatoms. The Morgan fingerprint density at radius 1 is 1.47 bits per heavy atom. The van der Waals surface area contributed by atoms with E-state index >= 15 is 0 Å². The van der Waals surface area contributed by atoms with Gasteiger partial charge in [-0.1, -0.05) is 0 Å². The van der Waals surface area contributed by atoms with Crippen LogP contribution in [0.3, 0.4) is 0 Å². The van der Waals surface area contributed by atoms with E-state index in [0.717, 1.165) is 12.1 Å². The molecule has 1 saturated heterocycles. The zero-order valence-corrected chi connectivity index (χ0v) is 10.2. The van der Waals surface area contributed by atoms with Crippen molar-refractivity contribution in [2.75, 3.05) is 11.4 Å². The average Bonchev–Trinajstić information content (AvgIpc) is 2.63. The number of carbonyl (C=O) groups excluding carboxylic acids is 1. The number of anilines is 1. The van der Waals surface area contributed by atoms with Gasteiger partial charge in [-0.3, -0.25) is 14.9 Å².